The topological polar surface area (TPSA) is 72.1 Å². The van der Waals surface area contributed by atoms with Gasteiger partial charge in [0.1, 0.15) is 11.3 Å². The van der Waals surface area contributed by atoms with Crippen molar-refractivity contribution in [3.63, 3.8) is 0 Å². The van der Waals surface area contributed by atoms with Gasteiger partial charge >= 0.3 is 5.63 Å². The molecule has 3 heterocycles. The maximum absolute atomic E-state index is 11.9. The monoisotopic (exact) mass is 345 g/mol. The van der Waals surface area contributed by atoms with E-state index in [4.69, 9.17) is 13.9 Å². The molecular formula is C19H23NO5. The molecule has 1 aromatic carbocycles. The molecule has 4 rings (SSSR count). The average molecular weight is 345 g/mol. The molecule has 0 atom stereocenters. The van der Waals surface area contributed by atoms with Gasteiger partial charge in [-0.15, -0.1) is 0 Å². The Kier molecular flexibility index (Phi) is 4.27. The van der Waals surface area contributed by atoms with Gasteiger partial charge < -0.3 is 19.0 Å². The molecule has 2 aromatic rings. The van der Waals surface area contributed by atoms with Crippen molar-refractivity contribution in [2.75, 3.05) is 26.3 Å². The third kappa shape index (κ3) is 3.17. The van der Waals surface area contributed by atoms with Gasteiger partial charge in [0, 0.05) is 50.0 Å². The summed E-state index contributed by atoms with van der Waals surface area (Å²) in [5, 5.41) is 10.9. The number of likely N-dealkylation sites (tertiary alicyclic amines) is 1. The lowest BCUT2D eigenvalue weighted by Gasteiger charge is -2.37. The summed E-state index contributed by atoms with van der Waals surface area (Å²) in [6.45, 7) is 5.74. The van der Waals surface area contributed by atoms with Crippen molar-refractivity contribution < 1.29 is 19.0 Å². The Balaban J connectivity index is 1.59. The number of hydrogen-bond acceptors (Lipinski definition) is 6. The number of ether oxygens (including phenoxy) is 2. The molecular weight excluding hydrogens is 322 g/mol. The third-order valence-corrected chi connectivity index (χ3v) is 5.24. The smallest absolute Gasteiger partial charge is 0.336 e. The second-order valence-electron chi connectivity index (χ2n) is 6.81. The van der Waals surface area contributed by atoms with Gasteiger partial charge in [0.05, 0.1) is 13.2 Å². The Morgan fingerprint density at radius 3 is 2.52 bits per heavy atom. The van der Waals surface area contributed by atoms with Crippen LogP contribution in [0.1, 0.15) is 30.9 Å². The number of rotatable bonds is 3. The van der Waals surface area contributed by atoms with Gasteiger partial charge in [-0.3, -0.25) is 4.90 Å². The van der Waals surface area contributed by atoms with Crippen LogP contribution in [-0.4, -0.2) is 42.1 Å². The zero-order valence-corrected chi connectivity index (χ0v) is 14.4. The van der Waals surface area contributed by atoms with Crippen LogP contribution in [0.25, 0.3) is 11.0 Å². The van der Waals surface area contributed by atoms with Crippen molar-refractivity contribution in [2.24, 2.45) is 0 Å². The molecule has 134 valence electrons. The molecule has 6 nitrogen and oxygen atoms in total. The molecule has 0 bridgehead atoms. The zero-order chi connectivity index (χ0) is 17.4. The predicted molar refractivity (Wildman–Crippen MR) is 92.7 cm³/mol. The summed E-state index contributed by atoms with van der Waals surface area (Å²) in [5.74, 6) is -0.221. The molecule has 2 fully saturated rings. The van der Waals surface area contributed by atoms with Crippen molar-refractivity contribution in [3.8, 4) is 5.75 Å². The number of piperidine rings is 1. The summed E-state index contributed by atoms with van der Waals surface area (Å²) in [4.78, 5) is 14.2. The normalized spacial score (nSPS) is 20.5. The third-order valence-electron chi connectivity index (χ3n) is 5.24. The molecule has 2 aliphatic heterocycles. The molecule has 25 heavy (non-hydrogen) atoms. The molecule has 2 saturated heterocycles. The van der Waals surface area contributed by atoms with E-state index in [9.17, 15) is 9.90 Å². The Hall–Kier alpha value is -1.89. The maximum atomic E-state index is 11.9. The fraction of sp³-hybridized carbons (Fsp3) is 0.526. The number of fused-ring (bicyclic) bond motifs is 1. The maximum Gasteiger partial charge on any atom is 0.336 e. The van der Waals surface area contributed by atoms with Crippen LogP contribution >= 0.6 is 0 Å². The van der Waals surface area contributed by atoms with Crippen molar-refractivity contribution >= 4 is 11.0 Å². The van der Waals surface area contributed by atoms with Crippen LogP contribution < -0.4 is 5.63 Å². The van der Waals surface area contributed by atoms with Gasteiger partial charge in [-0.2, -0.15) is 0 Å². The van der Waals surface area contributed by atoms with Gasteiger partial charge in [0.25, 0.3) is 0 Å². The van der Waals surface area contributed by atoms with Crippen LogP contribution in [0.3, 0.4) is 0 Å². The van der Waals surface area contributed by atoms with E-state index in [1.165, 1.54) is 0 Å². The summed E-state index contributed by atoms with van der Waals surface area (Å²) in [6.07, 6.45) is 2.40. The highest BCUT2D eigenvalue weighted by Gasteiger charge is 2.39. The Morgan fingerprint density at radius 1 is 1.12 bits per heavy atom. The minimum absolute atomic E-state index is 0.172. The highest BCUT2D eigenvalue weighted by molar-refractivity contribution is 5.82. The molecule has 6 heteroatoms. The van der Waals surface area contributed by atoms with Crippen LogP contribution in [0.5, 0.6) is 5.75 Å². The van der Waals surface area contributed by atoms with Crippen molar-refractivity contribution in [2.45, 2.75) is 38.5 Å². The number of nitrogens with zero attached hydrogens (tertiary/aromatic N) is 1. The van der Waals surface area contributed by atoms with Gasteiger partial charge in [0.2, 0.25) is 0 Å². The lowest BCUT2D eigenvalue weighted by molar-refractivity contribution is -0.185. The minimum atomic E-state index is -0.393. The van der Waals surface area contributed by atoms with E-state index < -0.39 is 5.79 Å². The van der Waals surface area contributed by atoms with Crippen molar-refractivity contribution in [1.82, 2.24) is 4.90 Å². The first-order valence-electron chi connectivity index (χ1n) is 8.87. The summed E-state index contributed by atoms with van der Waals surface area (Å²) in [6, 6.07) is 5.04. The molecule has 0 unspecified atom stereocenters. The lowest BCUT2D eigenvalue weighted by Crippen LogP contribution is -2.44. The van der Waals surface area contributed by atoms with E-state index in [-0.39, 0.29) is 11.4 Å². The van der Waals surface area contributed by atoms with Crippen LogP contribution in [-0.2, 0) is 22.4 Å². The van der Waals surface area contributed by atoms with E-state index in [1.807, 2.05) is 13.0 Å². The molecule has 0 aliphatic carbocycles. The highest BCUT2D eigenvalue weighted by atomic mass is 16.7. The Bertz CT molecular complexity index is 828. The van der Waals surface area contributed by atoms with Crippen molar-refractivity contribution in [3.05, 3.63) is 39.7 Å². The summed E-state index contributed by atoms with van der Waals surface area (Å²) >= 11 is 0. The number of aryl methyl sites for hydroxylation is 1. The average Bonchev–Trinajstić information content (AvgIpc) is 3.05. The number of hydrogen-bond donors (Lipinski definition) is 1. The number of benzene rings is 1. The van der Waals surface area contributed by atoms with Crippen LogP contribution in [0.2, 0.25) is 0 Å². The summed E-state index contributed by atoms with van der Waals surface area (Å²) < 4.78 is 16.8. The first-order valence-corrected chi connectivity index (χ1v) is 8.87. The van der Waals surface area contributed by atoms with Gasteiger partial charge in [-0.25, -0.2) is 4.79 Å². The Morgan fingerprint density at radius 2 is 1.84 bits per heavy atom. The number of phenolic OH excluding ortho intramolecular Hbond substituents is 1. The van der Waals surface area contributed by atoms with Gasteiger partial charge in [-0.05, 0) is 23.6 Å². The van der Waals surface area contributed by atoms with Gasteiger partial charge in [-0.1, -0.05) is 6.92 Å². The SMILES string of the molecule is CCc1cc2c(CN3CCC4(CC3)OCCO4)cc(=O)oc2cc1O. The molecule has 0 radical (unpaired) electrons. The zero-order valence-electron chi connectivity index (χ0n) is 14.4. The molecule has 2 aliphatic rings. The molecule has 1 spiro atoms. The quantitative estimate of drug-likeness (QED) is 0.862. The van der Waals surface area contributed by atoms with Crippen LogP contribution in [0.4, 0.5) is 0 Å². The van der Waals surface area contributed by atoms with E-state index in [1.54, 1.807) is 12.1 Å². The summed E-state index contributed by atoms with van der Waals surface area (Å²) in [5.41, 5.74) is 1.84. The van der Waals surface area contributed by atoms with E-state index >= 15 is 0 Å². The highest BCUT2D eigenvalue weighted by Crippen LogP contribution is 2.33. The first-order chi connectivity index (χ1) is 12.1. The lowest BCUT2D eigenvalue weighted by atomic mass is 10.0. The van der Waals surface area contributed by atoms with Crippen LogP contribution in [0.15, 0.2) is 27.4 Å². The largest absolute Gasteiger partial charge is 0.508 e. The summed E-state index contributed by atoms with van der Waals surface area (Å²) in [7, 11) is 0. The Labute approximate surface area is 145 Å². The second-order valence-corrected chi connectivity index (χ2v) is 6.81. The molecule has 1 N–H and O–H groups in total. The van der Waals surface area contributed by atoms with E-state index in [0.717, 1.165) is 48.9 Å². The van der Waals surface area contributed by atoms with E-state index in [0.29, 0.717) is 25.3 Å². The standard InChI is InChI=1S/C19H23NO5/c1-2-13-9-15-14(10-18(22)25-17(15)11-16(13)21)12-20-5-3-19(4-6-20)23-7-8-24-19/h9-11,21H,2-8,12H2,1H3. The second kappa shape index (κ2) is 6.44. The van der Waals surface area contributed by atoms with Crippen molar-refractivity contribution in [1.29, 1.82) is 0 Å². The number of aromatic hydroxyl groups is 1. The molecule has 1 aromatic heterocycles. The number of phenols is 1. The van der Waals surface area contributed by atoms with E-state index in [2.05, 4.69) is 4.90 Å². The van der Waals surface area contributed by atoms with Crippen LogP contribution in [0, 0.1) is 0 Å². The minimum Gasteiger partial charge on any atom is -0.508 e. The predicted octanol–water partition coefficient (Wildman–Crippen LogP) is 2.40. The van der Waals surface area contributed by atoms with Gasteiger partial charge in [0.15, 0.2) is 5.79 Å². The fourth-order valence-electron chi connectivity index (χ4n) is 3.80. The fourth-order valence-corrected chi connectivity index (χ4v) is 3.80. The first kappa shape index (κ1) is 16.6. The molecule has 0 amide bonds. The molecule has 0 saturated carbocycles.